The van der Waals surface area contributed by atoms with Crippen LogP contribution < -0.4 is 0 Å². The summed E-state index contributed by atoms with van der Waals surface area (Å²) in [5, 5.41) is 0. The molecule has 0 aromatic carbocycles. The second-order valence-electron chi connectivity index (χ2n) is 20.3. The first-order valence-corrected chi connectivity index (χ1v) is 28.8. The molecule has 0 amide bonds. The molecule has 0 unspecified atom stereocenters. The zero-order chi connectivity index (χ0) is 45.5. The Morgan fingerprint density at radius 2 is 0.403 bits per heavy atom. The zero-order valence-electron chi connectivity index (χ0n) is 43.6. The van der Waals surface area contributed by atoms with E-state index in [9.17, 15) is 9.59 Å². The second kappa shape index (κ2) is 46.5. The second-order valence-corrected chi connectivity index (χ2v) is 20.3. The van der Waals surface area contributed by atoms with Gasteiger partial charge in [0.15, 0.2) is 0 Å². The van der Waals surface area contributed by atoms with Gasteiger partial charge in [0.1, 0.15) is 11.2 Å². The van der Waals surface area contributed by atoms with Crippen molar-refractivity contribution in [2.24, 2.45) is 0 Å². The van der Waals surface area contributed by atoms with Crippen LogP contribution in [-0.4, -0.2) is 23.1 Å². The highest BCUT2D eigenvalue weighted by Gasteiger charge is 2.34. The summed E-state index contributed by atoms with van der Waals surface area (Å²) in [6.07, 6.45) is 56.8. The molecule has 0 rings (SSSR count). The van der Waals surface area contributed by atoms with Crippen molar-refractivity contribution in [1.82, 2.24) is 0 Å². The monoisotopic (exact) mass is 875 g/mol. The van der Waals surface area contributed by atoms with E-state index >= 15 is 0 Å². The fourth-order valence-corrected chi connectivity index (χ4v) is 9.90. The SMILES string of the molecule is CCCCCCCCCC(CCCCCCCC)(CCCCCCCC)OC(=O)CCCCC(=O)OC(CCCCCCCC)(CCCCCCCC)CCCCCCCCC. The number of unbranched alkanes of at least 4 members (excludes halogenated alkanes) is 33. The van der Waals surface area contributed by atoms with E-state index in [1.807, 2.05) is 0 Å². The fraction of sp³-hybridized carbons (Fsp3) is 0.966. The standard InChI is InChI=1S/C58H114O4/c1-7-13-19-25-31-37-45-53-57(49-41-33-27-21-15-9-3,50-42-34-28-22-16-10-4)61-55(59)47-39-40-48-56(60)62-58(51-43-35-29-23-17-11-5,52-44-36-30-24-18-12-6)54-46-38-32-26-20-14-8-2/h7-54H2,1-6H3. The predicted octanol–water partition coefficient (Wildman–Crippen LogP) is 20.4. The average molecular weight is 876 g/mol. The number of rotatable bonds is 51. The van der Waals surface area contributed by atoms with Crippen LogP contribution in [0, 0.1) is 0 Å². The van der Waals surface area contributed by atoms with Crippen molar-refractivity contribution < 1.29 is 19.1 Å². The van der Waals surface area contributed by atoms with Gasteiger partial charge < -0.3 is 9.47 Å². The number of carbonyl (C=O) groups is 2. The Bertz CT molecular complexity index is 822. The first kappa shape index (κ1) is 60.9. The quantitative estimate of drug-likeness (QED) is 0.0451. The molecule has 0 heterocycles. The summed E-state index contributed by atoms with van der Waals surface area (Å²) in [7, 11) is 0. The smallest absolute Gasteiger partial charge is 0.306 e. The van der Waals surface area contributed by atoms with Crippen LogP contribution in [0.4, 0.5) is 0 Å². The van der Waals surface area contributed by atoms with E-state index in [1.165, 1.54) is 205 Å². The highest BCUT2D eigenvalue weighted by atomic mass is 16.6. The first-order chi connectivity index (χ1) is 30.4. The van der Waals surface area contributed by atoms with Gasteiger partial charge in [0.2, 0.25) is 0 Å². The lowest BCUT2D eigenvalue weighted by molar-refractivity contribution is -0.165. The Balaban J connectivity index is 5.70. The molecule has 0 N–H and O–H groups in total. The number of ether oxygens (including phenoxy) is 2. The Kier molecular flexibility index (Phi) is 45.7. The van der Waals surface area contributed by atoms with E-state index in [0.717, 1.165) is 77.0 Å². The molecule has 4 nitrogen and oxygen atoms in total. The van der Waals surface area contributed by atoms with Gasteiger partial charge in [-0.2, -0.15) is 0 Å². The molecule has 4 heteroatoms. The number of hydrogen-bond acceptors (Lipinski definition) is 4. The van der Waals surface area contributed by atoms with Gasteiger partial charge in [-0.3, -0.25) is 9.59 Å². The van der Waals surface area contributed by atoms with Crippen LogP contribution in [0.1, 0.15) is 350 Å². The number of carbonyl (C=O) groups excluding carboxylic acids is 2. The first-order valence-electron chi connectivity index (χ1n) is 28.8. The Hall–Kier alpha value is -1.06. The van der Waals surface area contributed by atoms with E-state index in [1.54, 1.807) is 0 Å². The predicted molar refractivity (Wildman–Crippen MR) is 273 cm³/mol. The van der Waals surface area contributed by atoms with Crippen molar-refractivity contribution in [3.05, 3.63) is 0 Å². The lowest BCUT2D eigenvalue weighted by Crippen LogP contribution is -2.36. The average Bonchev–Trinajstić information content (AvgIpc) is 3.26. The summed E-state index contributed by atoms with van der Waals surface area (Å²) in [6.45, 7) is 13.7. The Labute approximate surface area is 390 Å². The minimum Gasteiger partial charge on any atom is -0.459 e. The highest BCUT2D eigenvalue weighted by molar-refractivity contribution is 5.71. The molecular formula is C58H114O4. The molecule has 370 valence electrons. The number of hydrogen-bond donors (Lipinski definition) is 0. The molecule has 0 aliphatic heterocycles. The minimum atomic E-state index is -0.322. The maximum Gasteiger partial charge on any atom is 0.306 e. The summed E-state index contributed by atoms with van der Waals surface area (Å²) in [5.41, 5.74) is -0.644. The molecule has 0 saturated carbocycles. The van der Waals surface area contributed by atoms with Crippen LogP contribution >= 0.6 is 0 Å². The fourth-order valence-electron chi connectivity index (χ4n) is 9.90. The van der Waals surface area contributed by atoms with Crippen molar-refractivity contribution in [3.8, 4) is 0 Å². The van der Waals surface area contributed by atoms with Crippen molar-refractivity contribution in [3.63, 3.8) is 0 Å². The van der Waals surface area contributed by atoms with E-state index in [2.05, 4.69) is 41.5 Å². The molecule has 0 aromatic heterocycles. The Morgan fingerprint density at radius 3 is 0.581 bits per heavy atom. The summed E-state index contributed by atoms with van der Waals surface area (Å²) in [4.78, 5) is 27.6. The lowest BCUT2D eigenvalue weighted by Gasteiger charge is -2.35. The van der Waals surface area contributed by atoms with Gasteiger partial charge in [0.25, 0.3) is 0 Å². The molecule has 0 aliphatic carbocycles. The third-order valence-electron chi connectivity index (χ3n) is 14.1. The van der Waals surface area contributed by atoms with Gasteiger partial charge in [-0.05, 0) is 89.9 Å². The van der Waals surface area contributed by atoms with Gasteiger partial charge in [-0.1, -0.05) is 247 Å². The van der Waals surface area contributed by atoms with Gasteiger partial charge in [-0.15, -0.1) is 0 Å². The van der Waals surface area contributed by atoms with Crippen LogP contribution in [0.5, 0.6) is 0 Å². The molecule has 0 fully saturated rings. The lowest BCUT2D eigenvalue weighted by atomic mass is 9.84. The van der Waals surface area contributed by atoms with Gasteiger partial charge in [-0.25, -0.2) is 0 Å². The van der Waals surface area contributed by atoms with Crippen LogP contribution in [0.15, 0.2) is 0 Å². The van der Waals surface area contributed by atoms with Crippen molar-refractivity contribution >= 4 is 11.9 Å². The zero-order valence-corrected chi connectivity index (χ0v) is 43.6. The molecular weight excluding hydrogens is 761 g/mol. The summed E-state index contributed by atoms with van der Waals surface area (Å²) < 4.78 is 13.4. The molecule has 0 aromatic rings. The van der Waals surface area contributed by atoms with Gasteiger partial charge >= 0.3 is 11.9 Å². The van der Waals surface area contributed by atoms with Crippen LogP contribution in [0.25, 0.3) is 0 Å². The van der Waals surface area contributed by atoms with E-state index in [0.29, 0.717) is 25.7 Å². The van der Waals surface area contributed by atoms with E-state index in [4.69, 9.17) is 9.47 Å². The van der Waals surface area contributed by atoms with E-state index in [-0.39, 0.29) is 23.1 Å². The maximum atomic E-state index is 13.8. The Morgan fingerprint density at radius 1 is 0.242 bits per heavy atom. The van der Waals surface area contributed by atoms with Gasteiger partial charge in [0.05, 0.1) is 0 Å². The summed E-state index contributed by atoms with van der Waals surface area (Å²) >= 11 is 0. The molecule has 0 bridgehead atoms. The summed E-state index contributed by atoms with van der Waals surface area (Å²) in [5.74, 6) is -0.0598. The molecule has 0 spiro atoms. The van der Waals surface area contributed by atoms with Crippen molar-refractivity contribution in [2.45, 2.75) is 361 Å². The molecule has 62 heavy (non-hydrogen) atoms. The summed E-state index contributed by atoms with van der Waals surface area (Å²) in [6, 6.07) is 0. The third-order valence-corrected chi connectivity index (χ3v) is 14.1. The van der Waals surface area contributed by atoms with Crippen LogP contribution in [0.2, 0.25) is 0 Å². The maximum absolute atomic E-state index is 13.8. The van der Waals surface area contributed by atoms with Crippen LogP contribution in [-0.2, 0) is 19.1 Å². The molecule has 0 saturated heterocycles. The highest BCUT2D eigenvalue weighted by Crippen LogP contribution is 2.36. The van der Waals surface area contributed by atoms with Gasteiger partial charge in [0, 0.05) is 12.8 Å². The molecule has 0 radical (unpaired) electrons. The molecule has 0 atom stereocenters. The van der Waals surface area contributed by atoms with Crippen molar-refractivity contribution in [2.75, 3.05) is 0 Å². The third kappa shape index (κ3) is 38.2. The minimum absolute atomic E-state index is 0.0299. The largest absolute Gasteiger partial charge is 0.459 e. The van der Waals surface area contributed by atoms with Crippen LogP contribution in [0.3, 0.4) is 0 Å². The van der Waals surface area contributed by atoms with E-state index < -0.39 is 0 Å². The topological polar surface area (TPSA) is 52.6 Å². The molecule has 0 aliphatic rings. The number of esters is 2. The normalized spacial score (nSPS) is 12.0. The van der Waals surface area contributed by atoms with Crippen molar-refractivity contribution in [1.29, 1.82) is 0 Å².